The molecule has 1 rings (SSSR count). The smallest absolute Gasteiger partial charge is 0.103 e. The predicted octanol–water partition coefficient (Wildman–Crippen LogP) is 0.963. The molecule has 0 atom stereocenters. The van der Waals surface area contributed by atoms with Crippen molar-refractivity contribution in [3.63, 3.8) is 0 Å². The van der Waals surface area contributed by atoms with Gasteiger partial charge in [0.1, 0.15) is 5.69 Å². The van der Waals surface area contributed by atoms with Gasteiger partial charge in [-0.1, -0.05) is 5.21 Å². The molecule has 0 aromatic carbocycles. The zero-order valence-corrected chi connectivity index (χ0v) is 11.4. The van der Waals surface area contributed by atoms with Gasteiger partial charge >= 0.3 is 0 Å². The van der Waals surface area contributed by atoms with Gasteiger partial charge in [-0.05, 0) is 25.6 Å². The number of halogens is 1. The Labute approximate surface area is 102 Å². The highest BCUT2D eigenvalue weighted by Crippen LogP contribution is 2.17. The van der Waals surface area contributed by atoms with Gasteiger partial charge in [-0.3, -0.25) is 0 Å². The Morgan fingerprint density at radius 1 is 1.44 bits per heavy atom. The summed E-state index contributed by atoms with van der Waals surface area (Å²) < 4.78 is 2.77. The van der Waals surface area contributed by atoms with Crippen molar-refractivity contribution in [2.75, 3.05) is 27.7 Å². The van der Waals surface area contributed by atoms with Crippen LogP contribution in [0.15, 0.2) is 6.20 Å². The molecule has 0 unspecified atom stereocenters. The lowest BCUT2D eigenvalue weighted by atomic mass is 10.0. The first-order valence-corrected chi connectivity index (χ1v) is 5.71. The molecule has 0 bridgehead atoms. The van der Waals surface area contributed by atoms with E-state index >= 15 is 0 Å². The lowest BCUT2D eigenvalue weighted by Gasteiger charge is -2.23. The number of nitrogens with one attached hydrogen (secondary N) is 1. The minimum atomic E-state index is -0.351. The van der Waals surface area contributed by atoms with Crippen LogP contribution in [0.5, 0.6) is 0 Å². The summed E-state index contributed by atoms with van der Waals surface area (Å²) >= 11 is 5.66. The largest absolute Gasteiger partial charge is 0.329 e. The first-order chi connectivity index (χ1) is 7.24. The van der Waals surface area contributed by atoms with Gasteiger partial charge in [0.15, 0.2) is 0 Å². The van der Waals surface area contributed by atoms with E-state index in [-0.39, 0.29) is 5.54 Å². The van der Waals surface area contributed by atoms with Crippen LogP contribution in [0, 0.1) is 0 Å². The van der Waals surface area contributed by atoms with Gasteiger partial charge in [0.25, 0.3) is 0 Å². The van der Waals surface area contributed by atoms with Crippen molar-refractivity contribution < 1.29 is 4.48 Å². The molecule has 0 amide bonds. The summed E-state index contributed by atoms with van der Waals surface area (Å²) in [4.78, 5) is 2.70. The van der Waals surface area contributed by atoms with E-state index in [0.717, 1.165) is 23.3 Å². The summed E-state index contributed by atoms with van der Waals surface area (Å²) in [6, 6.07) is 0. The van der Waals surface area contributed by atoms with E-state index in [9.17, 15) is 0 Å². The quantitative estimate of drug-likeness (QED) is 0.622. The highest BCUT2D eigenvalue weighted by atomic mass is 35.5. The van der Waals surface area contributed by atoms with Crippen molar-refractivity contribution in [2.24, 2.45) is 0 Å². The lowest BCUT2D eigenvalue weighted by molar-refractivity contribution is -0.871. The Balaban J connectivity index is 2.66. The number of hydrogen-bond donors (Lipinski definition) is 1. The summed E-state index contributed by atoms with van der Waals surface area (Å²) in [5, 5.41) is 8.21. The fourth-order valence-electron chi connectivity index (χ4n) is 1.14. The standard InChI is InChI=1S/C10H21ClN5/c1-10(2,13-11)9-8-15(14-12-9)6-7-16(3,4)5/h8,13H,6-7H2,1-5H3/q+1. The Kier molecular flexibility index (Phi) is 3.93. The molecule has 5 nitrogen and oxygen atoms in total. The maximum Gasteiger partial charge on any atom is 0.103 e. The summed E-state index contributed by atoms with van der Waals surface area (Å²) in [6.45, 7) is 5.80. The monoisotopic (exact) mass is 246 g/mol. The molecule has 0 saturated carbocycles. The summed E-state index contributed by atoms with van der Waals surface area (Å²) in [7, 11) is 6.46. The first kappa shape index (κ1) is 13.4. The van der Waals surface area contributed by atoms with Gasteiger partial charge in [-0.25, -0.2) is 9.52 Å². The van der Waals surface area contributed by atoms with Gasteiger partial charge in [-0.2, -0.15) is 0 Å². The Morgan fingerprint density at radius 3 is 2.56 bits per heavy atom. The SMILES string of the molecule is CC(C)(NCl)c1cn(CC[N+](C)(C)C)nn1. The normalized spacial score (nSPS) is 13.1. The van der Waals surface area contributed by atoms with Crippen LogP contribution in [0.1, 0.15) is 19.5 Å². The third-order valence-electron chi connectivity index (χ3n) is 2.42. The van der Waals surface area contributed by atoms with Gasteiger partial charge < -0.3 is 4.48 Å². The first-order valence-electron chi connectivity index (χ1n) is 5.33. The van der Waals surface area contributed by atoms with Gasteiger partial charge in [0.2, 0.25) is 0 Å². The number of nitrogens with zero attached hydrogens (tertiary/aromatic N) is 4. The van der Waals surface area contributed by atoms with Crippen molar-refractivity contribution in [1.29, 1.82) is 0 Å². The molecule has 16 heavy (non-hydrogen) atoms. The van der Waals surface area contributed by atoms with Gasteiger partial charge in [-0.15, -0.1) is 5.10 Å². The van der Waals surface area contributed by atoms with Crippen molar-refractivity contribution >= 4 is 11.8 Å². The fourth-order valence-corrected chi connectivity index (χ4v) is 1.24. The van der Waals surface area contributed by atoms with Crippen molar-refractivity contribution in [3.05, 3.63) is 11.9 Å². The number of rotatable bonds is 5. The van der Waals surface area contributed by atoms with E-state index in [2.05, 4.69) is 36.3 Å². The molecule has 92 valence electrons. The molecule has 0 aliphatic rings. The van der Waals surface area contributed by atoms with Crippen LogP contribution in [0.25, 0.3) is 0 Å². The van der Waals surface area contributed by atoms with Gasteiger partial charge in [0.05, 0.1) is 46.0 Å². The summed E-state index contributed by atoms with van der Waals surface area (Å²) in [5.74, 6) is 0. The summed E-state index contributed by atoms with van der Waals surface area (Å²) in [5.41, 5.74) is 0.500. The fraction of sp³-hybridized carbons (Fsp3) is 0.800. The van der Waals surface area contributed by atoms with Crippen molar-refractivity contribution in [3.8, 4) is 0 Å². The third kappa shape index (κ3) is 3.73. The topological polar surface area (TPSA) is 42.7 Å². The molecular formula is C10H21ClN5+. The maximum absolute atomic E-state index is 5.66. The Bertz CT molecular complexity index is 339. The van der Waals surface area contributed by atoms with Crippen molar-refractivity contribution in [2.45, 2.75) is 25.9 Å². The molecule has 0 fully saturated rings. The molecule has 1 aromatic rings. The molecule has 1 heterocycles. The second-order valence-electron chi connectivity index (χ2n) is 5.60. The second kappa shape index (κ2) is 4.69. The van der Waals surface area contributed by atoms with Crippen LogP contribution in [0.4, 0.5) is 0 Å². The number of likely N-dealkylation sites (N-methyl/N-ethyl adjacent to an activating group) is 1. The average molecular weight is 247 g/mol. The van der Waals surface area contributed by atoms with Crippen LogP contribution in [-0.2, 0) is 12.1 Å². The molecule has 0 spiro atoms. The zero-order valence-electron chi connectivity index (χ0n) is 10.7. The van der Waals surface area contributed by atoms with Crippen LogP contribution in [0.2, 0.25) is 0 Å². The zero-order chi connectivity index (χ0) is 12.4. The number of hydrogen-bond acceptors (Lipinski definition) is 3. The van der Waals surface area contributed by atoms with E-state index in [0.29, 0.717) is 0 Å². The Hall–Kier alpha value is -0.650. The second-order valence-corrected chi connectivity index (χ2v) is 5.79. The molecule has 0 aliphatic heterocycles. The highest BCUT2D eigenvalue weighted by Gasteiger charge is 2.23. The van der Waals surface area contributed by atoms with Crippen LogP contribution < -0.4 is 4.84 Å². The van der Waals surface area contributed by atoms with Crippen LogP contribution >= 0.6 is 11.8 Å². The molecule has 0 radical (unpaired) electrons. The molecular weight excluding hydrogens is 226 g/mol. The maximum atomic E-state index is 5.66. The highest BCUT2D eigenvalue weighted by molar-refractivity contribution is 6.13. The summed E-state index contributed by atoms with van der Waals surface area (Å²) in [6.07, 6.45) is 1.94. The van der Waals surface area contributed by atoms with Crippen molar-refractivity contribution in [1.82, 2.24) is 19.8 Å². The lowest BCUT2D eigenvalue weighted by Crippen LogP contribution is -2.37. The molecule has 1 aromatic heterocycles. The third-order valence-corrected chi connectivity index (χ3v) is 2.89. The van der Waals surface area contributed by atoms with Crippen LogP contribution in [0.3, 0.4) is 0 Å². The van der Waals surface area contributed by atoms with E-state index < -0.39 is 0 Å². The van der Waals surface area contributed by atoms with E-state index in [1.54, 1.807) is 0 Å². The molecule has 6 heteroatoms. The van der Waals surface area contributed by atoms with E-state index in [1.165, 1.54) is 0 Å². The Morgan fingerprint density at radius 2 is 2.06 bits per heavy atom. The van der Waals surface area contributed by atoms with Crippen LogP contribution in [-0.4, -0.2) is 47.2 Å². The number of quaternary nitrogens is 1. The number of aromatic nitrogens is 3. The predicted molar refractivity (Wildman–Crippen MR) is 64.9 cm³/mol. The molecule has 0 aliphatic carbocycles. The molecule has 0 saturated heterocycles. The average Bonchev–Trinajstić information content (AvgIpc) is 2.62. The minimum absolute atomic E-state index is 0.351. The van der Waals surface area contributed by atoms with E-state index in [1.807, 2.05) is 24.7 Å². The van der Waals surface area contributed by atoms with E-state index in [4.69, 9.17) is 11.8 Å². The minimum Gasteiger partial charge on any atom is -0.329 e. The molecule has 1 N–H and O–H groups in total. The van der Waals surface area contributed by atoms with Gasteiger partial charge in [0, 0.05) is 0 Å².